The van der Waals surface area contributed by atoms with Crippen LogP contribution in [-0.2, 0) is 0 Å². The summed E-state index contributed by atoms with van der Waals surface area (Å²) in [5.41, 5.74) is 5.10. The molecule has 3 aromatic heterocycles. The van der Waals surface area contributed by atoms with Crippen LogP contribution in [0.15, 0.2) is 48.7 Å². The summed E-state index contributed by atoms with van der Waals surface area (Å²) in [6.45, 7) is 3.98. The fourth-order valence-corrected chi connectivity index (χ4v) is 2.89. The molecule has 3 heterocycles. The number of aromatic amines is 2. The highest BCUT2D eigenvalue weighted by atomic mass is 16.2. The summed E-state index contributed by atoms with van der Waals surface area (Å²) in [7, 11) is 0. The molecule has 6 heteroatoms. The molecule has 0 aliphatic carbocycles. The number of pyridine rings is 1. The molecular weight excluding hydrogens is 314 g/mol. The number of aromatic nitrogens is 4. The van der Waals surface area contributed by atoms with Crippen LogP contribution in [0.25, 0.3) is 22.3 Å². The predicted molar refractivity (Wildman–Crippen MR) is 97.5 cm³/mol. The number of anilines is 1. The fraction of sp³-hybridized carbons (Fsp3) is 0.105. The van der Waals surface area contributed by atoms with Crippen LogP contribution < -0.4 is 5.32 Å². The quantitative estimate of drug-likeness (QED) is 0.533. The minimum Gasteiger partial charge on any atom is -0.350 e. The Morgan fingerprint density at radius 1 is 1.12 bits per heavy atom. The van der Waals surface area contributed by atoms with E-state index in [9.17, 15) is 4.79 Å². The Bertz CT molecular complexity index is 1060. The van der Waals surface area contributed by atoms with E-state index >= 15 is 0 Å². The number of fused-ring (bicyclic) bond motifs is 1. The number of amides is 1. The molecule has 0 atom stereocenters. The SMILES string of the molecule is Cc1ccc2[nH]c(C(=O)Nc3cc(-c4ccccn4)[nH]n3)c(C)c2c1. The number of hydrogen-bond acceptors (Lipinski definition) is 3. The number of carbonyl (C=O) groups excluding carboxylic acids is 1. The minimum absolute atomic E-state index is 0.217. The van der Waals surface area contributed by atoms with Crippen LogP contribution in [0.4, 0.5) is 5.82 Å². The normalized spacial score (nSPS) is 11.0. The molecule has 0 unspecified atom stereocenters. The highest BCUT2D eigenvalue weighted by Crippen LogP contribution is 2.24. The maximum atomic E-state index is 12.6. The van der Waals surface area contributed by atoms with Crippen LogP contribution in [0.3, 0.4) is 0 Å². The third-order valence-electron chi connectivity index (χ3n) is 4.20. The van der Waals surface area contributed by atoms with Crippen molar-refractivity contribution in [3.63, 3.8) is 0 Å². The third kappa shape index (κ3) is 2.78. The molecule has 0 saturated heterocycles. The van der Waals surface area contributed by atoms with Crippen molar-refractivity contribution in [3.05, 3.63) is 65.5 Å². The lowest BCUT2D eigenvalue weighted by atomic mass is 10.1. The number of hydrogen-bond donors (Lipinski definition) is 3. The third-order valence-corrected chi connectivity index (χ3v) is 4.20. The molecule has 0 aliphatic rings. The molecule has 0 spiro atoms. The van der Waals surface area contributed by atoms with E-state index in [1.54, 1.807) is 12.3 Å². The highest BCUT2D eigenvalue weighted by molar-refractivity contribution is 6.07. The van der Waals surface area contributed by atoms with E-state index < -0.39 is 0 Å². The number of nitrogens with zero attached hydrogens (tertiary/aromatic N) is 2. The van der Waals surface area contributed by atoms with E-state index in [4.69, 9.17) is 0 Å². The molecule has 0 radical (unpaired) electrons. The van der Waals surface area contributed by atoms with Gasteiger partial charge in [-0.05, 0) is 43.7 Å². The van der Waals surface area contributed by atoms with Gasteiger partial charge in [-0.2, -0.15) is 5.10 Å². The van der Waals surface area contributed by atoms with E-state index in [0.29, 0.717) is 11.5 Å². The van der Waals surface area contributed by atoms with E-state index in [1.807, 2.05) is 44.2 Å². The second kappa shape index (κ2) is 5.90. The maximum Gasteiger partial charge on any atom is 0.273 e. The Morgan fingerprint density at radius 3 is 2.80 bits per heavy atom. The average Bonchev–Trinajstić information content (AvgIpc) is 3.21. The molecular formula is C19H17N5O. The first-order valence-electron chi connectivity index (χ1n) is 7.99. The van der Waals surface area contributed by atoms with Crippen molar-refractivity contribution in [2.24, 2.45) is 0 Å². The van der Waals surface area contributed by atoms with Gasteiger partial charge in [-0.1, -0.05) is 17.7 Å². The number of aryl methyl sites for hydroxylation is 2. The van der Waals surface area contributed by atoms with Crippen molar-refractivity contribution in [3.8, 4) is 11.4 Å². The standard InChI is InChI=1S/C19H17N5O/c1-11-6-7-14-13(9-11)12(2)18(21-14)19(25)22-17-10-16(23-24-17)15-5-3-4-8-20-15/h3-10,21H,1-2H3,(H2,22,23,24,25). The van der Waals surface area contributed by atoms with Crippen LogP contribution in [0, 0.1) is 13.8 Å². The minimum atomic E-state index is -0.217. The van der Waals surface area contributed by atoms with E-state index in [2.05, 4.69) is 31.5 Å². The number of nitrogens with one attached hydrogen (secondary N) is 3. The zero-order valence-electron chi connectivity index (χ0n) is 13.9. The molecule has 1 aromatic carbocycles. The van der Waals surface area contributed by atoms with E-state index in [1.165, 1.54) is 0 Å². The lowest BCUT2D eigenvalue weighted by Gasteiger charge is -2.00. The van der Waals surface area contributed by atoms with Gasteiger partial charge in [0.25, 0.3) is 5.91 Å². The van der Waals surface area contributed by atoms with Gasteiger partial charge >= 0.3 is 0 Å². The first-order chi connectivity index (χ1) is 12.1. The average molecular weight is 331 g/mol. The molecule has 0 bridgehead atoms. The largest absolute Gasteiger partial charge is 0.350 e. The molecule has 4 aromatic rings. The predicted octanol–water partition coefficient (Wildman–Crippen LogP) is 3.82. The number of H-pyrrole nitrogens is 2. The summed E-state index contributed by atoms with van der Waals surface area (Å²) >= 11 is 0. The monoisotopic (exact) mass is 331 g/mol. The molecule has 4 rings (SSSR count). The first kappa shape index (κ1) is 15.1. The molecule has 0 aliphatic heterocycles. The number of rotatable bonds is 3. The Hall–Kier alpha value is -3.41. The fourth-order valence-electron chi connectivity index (χ4n) is 2.89. The molecule has 1 amide bonds. The van der Waals surface area contributed by atoms with Gasteiger partial charge in [0.15, 0.2) is 5.82 Å². The van der Waals surface area contributed by atoms with Gasteiger partial charge in [0, 0.05) is 23.2 Å². The van der Waals surface area contributed by atoms with Crippen LogP contribution in [0.1, 0.15) is 21.6 Å². The smallest absolute Gasteiger partial charge is 0.273 e. The summed E-state index contributed by atoms with van der Waals surface area (Å²) in [5.74, 6) is 0.241. The summed E-state index contributed by atoms with van der Waals surface area (Å²) < 4.78 is 0. The molecule has 124 valence electrons. The van der Waals surface area contributed by atoms with Gasteiger partial charge in [-0.25, -0.2) is 0 Å². The van der Waals surface area contributed by atoms with Crippen molar-refractivity contribution in [1.29, 1.82) is 0 Å². The molecule has 0 fully saturated rings. The second-order valence-electron chi connectivity index (χ2n) is 6.01. The van der Waals surface area contributed by atoms with E-state index in [0.717, 1.165) is 33.4 Å². The summed E-state index contributed by atoms with van der Waals surface area (Å²) in [4.78, 5) is 20.1. The second-order valence-corrected chi connectivity index (χ2v) is 6.01. The maximum absolute atomic E-state index is 12.6. The van der Waals surface area contributed by atoms with Gasteiger partial charge in [0.2, 0.25) is 0 Å². The van der Waals surface area contributed by atoms with Crippen LogP contribution in [-0.4, -0.2) is 26.1 Å². The van der Waals surface area contributed by atoms with Gasteiger partial charge in [0.1, 0.15) is 5.69 Å². The van der Waals surface area contributed by atoms with Crippen LogP contribution in [0.2, 0.25) is 0 Å². The summed E-state index contributed by atoms with van der Waals surface area (Å²) in [5, 5.41) is 10.9. The van der Waals surface area contributed by atoms with Crippen molar-refractivity contribution < 1.29 is 4.79 Å². The topological polar surface area (TPSA) is 86.5 Å². The summed E-state index contributed by atoms with van der Waals surface area (Å²) in [6.07, 6.45) is 1.71. The Balaban J connectivity index is 1.61. The molecule has 6 nitrogen and oxygen atoms in total. The summed E-state index contributed by atoms with van der Waals surface area (Å²) in [6, 6.07) is 13.5. The molecule has 3 N–H and O–H groups in total. The highest BCUT2D eigenvalue weighted by Gasteiger charge is 2.16. The van der Waals surface area contributed by atoms with Crippen molar-refractivity contribution in [1.82, 2.24) is 20.2 Å². The van der Waals surface area contributed by atoms with Crippen molar-refractivity contribution in [2.45, 2.75) is 13.8 Å². The first-order valence-corrected chi connectivity index (χ1v) is 7.99. The Morgan fingerprint density at radius 2 is 2.00 bits per heavy atom. The molecule has 0 saturated carbocycles. The van der Waals surface area contributed by atoms with Gasteiger partial charge < -0.3 is 10.3 Å². The Labute approximate surface area is 144 Å². The van der Waals surface area contributed by atoms with Crippen molar-refractivity contribution in [2.75, 3.05) is 5.32 Å². The number of benzene rings is 1. The van der Waals surface area contributed by atoms with Gasteiger partial charge in [-0.3, -0.25) is 14.9 Å². The van der Waals surface area contributed by atoms with Gasteiger partial charge in [0.05, 0.1) is 11.4 Å². The van der Waals surface area contributed by atoms with Crippen LogP contribution in [0.5, 0.6) is 0 Å². The zero-order chi connectivity index (χ0) is 17.4. The van der Waals surface area contributed by atoms with Crippen molar-refractivity contribution >= 4 is 22.6 Å². The number of carbonyl (C=O) groups is 1. The van der Waals surface area contributed by atoms with Gasteiger partial charge in [-0.15, -0.1) is 0 Å². The lowest BCUT2D eigenvalue weighted by Crippen LogP contribution is -2.13. The lowest BCUT2D eigenvalue weighted by molar-refractivity contribution is 0.102. The Kier molecular flexibility index (Phi) is 3.57. The van der Waals surface area contributed by atoms with E-state index in [-0.39, 0.29) is 5.91 Å². The van der Waals surface area contributed by atoms with Crippen LogP contribution >= 0.6 is 0 Å². The molecule has 25 heavy (non-hydrogen) atoms. The zero-order valence-corrected chi connectivity index (χ0v) is 13.9.